The molecule has 1 aliphatic heterocycles. The van der Waals surface area contributed by atoms with Crippen LogP contribution < -0.4 is 5.32 Å². The minimum Gasteiger partial charge on any atom is -0.478 e. The quantitative estimate of drug-likeness (QED) is 0.866. The fourth-order valence-electron chi connectivity index (χ4n) is 1.72. The monoisotopic (exact) mass is 298 g/mol. The Hall–Kier alpha value is -2.09. The van der Waals surface area contributed by atoms with E-state index in [1.807, 2.05) is 0 Å². The van der Waals surface area contributed by atoms with E-state index in [9.17, 15) is 18.8 Å². The van der Waals surface area contributed by atoms with Crippen LogP contribution in [0.15, 0.2) is 18.2 Å². The Morgan fingerprint density at radius 1 is 1.45 bits per heavy atom. The van der Waals surface area contributed by atoms with Crippen LogP contribution in [0.5, 0.6) is 0 Å². The van der Waals surface area contributed by atoms with Gasteiger partial charge in [0, 0.05) is 0 Å². The first-order valence-corrected chi connectivity index (χ1v) is 6.81. The van der Waals surface area contributed by atoms with Gasteiger partial charge in [0.05, 0.1) is 22.9 Å². The molecule has 20 heavy (non-hydrogen) atoms. The number of nitrogens with one attached hydrogen (secondary N) is 1. The van der Waals surface area contributed by atoms with E-state index in [2.05, 4.69) is 5.32 Å². The van der Waals surface area contributed by atoms with Gasteiger partial charge in [-0.3, -0.25) is 9.59 Å². The van der Waals surface area contributed by atoms with E-state index in [4.69, 9.17) is 5.11 Å². The van der Waals surface area contributed by atoms with E-state index in [1.54, 1.807) is 0 Å². The maximum absolute atomic E-state index is 13.6. The van der Waals surface area contributed by atoms with E-state index < -0.39 is 17.7 Å². The van der Waals surface area contributed by atoms with Crippen molar-refractivity contribution in [3.05, 3.63) is 29.6 Å². The SMILES string of the molecule is O=C(CN1CSCC1=O)Nc1c(F)cccc1C(=O)O. The lowest BCUT2D eigenvalue weighted by Gasteiger charge is -2.15. The Morgan fingerprint density at radius 3 is 2.80 bits per heavy atom. The molecule has 1 saturated heterocycles. The maximum atomic E-state index is 13.6. The summed E-state index contributed by atoms with van der Waals surface area (Å²) in [6.07, 6.45) is 0. The molecule has 1 aliphatic rings. The molecule has 1 fully saturated rings. The van der Waals surface area contributed by atoms with Gasteiger partial charge in [-0.2, -0.15) is 0 Å². The lowest BCUT2D eigenvalue weighted by Crippen LogP contribution is -2.34. The van der Waals surface area contributed by atoms with E-state index in [0.717, 1.165) is 6.07 Å². The van der Waals surface area contributed by atoms with Crippen molar-refractivity contribution in [2.24, 2.45) is 0 Å². The van der Waals surface area contributed by atoms with Gasteiger partial charge >= 0.3 is 5.97 Å². The molecule has 0 spiro atoms. The average Bonchev–Trinajstić information content (AvgIpc) is 2.77. The van der Waals surface area contributed by atoms with E-state index >= 15 is 0 Å². The molecule has 1 heterocycles. The number of hydrogen-bond donors (Lipinski definition) is 2. The number of anilines is 1. The van der Waals surface area contributed by atoms with Crippen LogP contribution in [0, 0.1) is 5.82 Å². The summed E-state index contributed by atoms with van der Waals surface area (Å²) in [5, 5.41) is 11.2. The molecule has 2 amide bonds. The molecule has 0 bridgehead atoms. The van der Waals surface area contributed by atoms with Crippen LogP contribution in [0.25, 0.3) is 0 Å². The highest BCUT2D eigenvalue weighted by molar-refractivity contribution is 8.00. The smallest absolute Gasteiger partial charge is 0.337 e. The largest absolute Gasteiger partial charge is 0.478 e. The van der Waals surface area contributed by atoms with Crippen molar-refractivity contribution in [3.8, 4) is 0 Å². The number of nitrogens with zero attached hydrogens (tertiary/aromatic N) is 1. The van der Waals surface area contributed by atoms with Crippen LogP contribution in [0.2, 0.25) is 0 Å². The predicted octanol–water partition coefficient (Wildman–Crippen LogP) is 0.995. The van der Waals surface area contributed by atoms with Gasteiger partial charge in [-0.25, -0.2) is 9.18 Å². The third-order valence-electron chi connectivity index (χ3n) is 2.67. The molecule has 0 radical (unpaired) electrons. The zero-order valence-electron chi connectivity index (χ0n) is 10.3. The zero-order chi connectivity index (χ0) is 14.7. The number of aromatic carboxylic acids is 1. The molecule has 0 aliphatic carbocycles. The first-order chi connectivity index (χ1) is 9.49. The summed E-state index contributed by atoms with van der Waals surface area (Å²) < 4.78 is 13.6. The van der Waals surface area contributed by atoms with Crippen molar-refractivity contribution in [1.82, 2.24) is 4.90 Å². The predicted molar refractivity (Wildman–Crippen MR) is 71.0 cm³/mol. The van der Waals surface area contributed by atoms with Crippen LogP contribution in [0.1, 0.15) is 10.4 Å². The lowest BCUT2D eigenvalue weighted by atomic mass is 10.1. The number of thioether (sulfide) groups is 1. The molecule has 6 nitrogen and oxygen atoms in total. The number of carboxylic acids is 1. The van der Waals surface area contributed by atoms with E-state index in [1.165, 1.54) is 28.8 Å². The number of benzene rings is 1. The topological polar surface area (TPSA) is 86.7 Å². The normalized spacial score (nSPS) is 14.4. The number of halogens is 1. The first kappa shape index (κ1) is 14.3. The van der Waals surface area contributed by atoms with Crippen LogP contribution >= 0.6 is 11.8 Å². The fraction of sp³-hybridized carbons (Fsp3) is 0.250. The molecule has 0 aromatic heterocycles. The third kappa shape index (κ3) is 3.08. The Morgan fingerprint density at radius 2 is 2.20 bits per heavy atom. The number of carboxylic acid groups (broad SMARTS) is 1. The van der Waals surface area contributed by atoms with Crippen LogP contribution in [-0.2, 0) is 9.59 Å². The van der Waals surface area contributed by atoms with Crippen LogP contribution in [0.3, 0.4) is 0 Å². The molecule has 2 rings (SSSR count). The maximum Gasteiger partial charge on any atom is 0.337 e. The van der Waals surface area contributed by atoms with Crippen molar-refractivity contribution >= 4 is 35.2 Å². The summed E-state index contributed by atoms with van der Waals surface area (Å²) in [7, 11) is 0. The molecule has 106 valence electrons. The second-order valence-electron chi connectivity index (χ2n) is 4.08. The standard InChI is InChI=1S/C12H11FN2O4S/c13-8-3-1-2-7(12(18)19)11(8)14-9(16)4-15-6-20-5-10(15)17/h1-3H,4-6H2,(H,14,16)(H,18,19). The van der Waals surface area contributed by atoms with Crippen molar-refractivity contribution in [1.29, 1.82) is 0 Å². The van der Waals surface area contributed by atoms with Gasteiger partial charge in [0.2, 0.25) is 11.8 Å². The van der Waals surface area contributed by atoms with Gasteiger partial charge in [-0.05, 0) is 12.1 Å². The minimum atomic E-state index is -1.34. The van der Waals surface area contributed by atoms with Gasteiger partial charge in [0.15, 0.2) is 0 Å². The molecule has 1 aromatic rings. The van der Waals surface area contributed by atoms with Crippen molar-refractivity contribution in [2.75, 3.05) is 23.5 Å². The molecule has 0 unspecified atom stereocenters. The van der Waals surface area contributed by atoms with Crippen LogP contribution in [-0.4, -0.2) is 46.0 Å². The first-order valence-electron chi connectivity index (χ1n) is 5.66. The van der Waals surface area contributed by atoms with Gasteiger partial charge in [-0.1, -0.05) is 6.07 Å². The Balaban J connectivity index is 2.11. The highest BCUT2D eigenvalue weighted by atomic mass is 32.2. The highest BCUT2D eigenvalue weighted by Gasteiger charge is 2.24. The summed E-state index contributed by atoms with van der Waals surface area (Å²) in [6.45, 7) is -0.223. The highest BCUT2D eigenvalue weighted by Crippen LogP contribution is 2.20. The van der Waals surface area contributed by atoms with Gasteiger partial charge in [0.1, 0.15) is 12.4 Å². The minimum absolute atomic E-state index is 0.169. The lowest BCUT2D eigenvalue weighted by molar-refractivity contribution is -0.130. The molecule has 0 saturated carbocycles. The molecule has 0 atom stereocenters. The Kier molecular flexibility index (Phi) is 4.23. The number of carbonyl (C=O) groups is 3. The number of rotatable bonds is 4. The van der Waals surface area contributed by atoms with E-state index in [-0.39, 0.29) is 23.7 Å². The summed E-state index contributed by atoms with van der Waals surface area (Å²) in [5.41, 5.74) is -0.718. The van der Waals surface area contributed by atoms with Gasteiger partial charge < -0.3 is 15.3 Å². The summed E-state index contributed by atoms with van der Waals surface area (Å²) in [6, 6.07) is 3.49. The Bertz CT molecular complexity index is 579. The van der Waals surface area contributed by atoms with Gasteiger partial charge in [0.25, 0.3) is 0 Å². The molecular formula is C12H11FN2O4S. The van der Waals surface area contributed by atoms with Crippen molar-refractivity contribution in [3.63, 3.8) is 0 Å². The van der Waals surface area contributed by atoms with Crippen LogP contribution in [0.4, 0.5) is 10.1 Å². The van der Waals surface area contributed by atoms with Gasteiger partial charge in [-0.15, -0.1) is 11.8 Å². The fourth-order valence-corrected chi connectivity index (χ4v) is 2.63. The zero-order valence-corrected chi connectivity index (χ0v) is 11.1. The Labute approximate surface area is 117 Å². The summed E-state index contributed by atoms with van der Waals surface area (Å²) in [5.74, 6) is -2.26. The van der Waals surface area contributed by atoms with E-state index in [0.29, 0.717) is 11.6 Å². The molecule has 8 heteroatoms. The molecule has 1 aromatic carbocycles. The third-order valence-corrected chi connectivity index (χ3v) is 3.61. The van der Waals surface area contributed by atoms with Crippen molar-refractivity contribution < 1.29 is 23.9 Å². The molecule has 2 N–H and O–H groups in total. The second kappa shape index (κ2) is 5.91. The van der Waals surface area contributed by atoms with Crippen molar-refractivity contribution in [2.45, 2.75) is 0 Å². The average molecular weight is 298 g/mol. The number of amides is 2. The number of carbonyl (C=O) groups excluding carboxylic acids is 2. The number of hydrogen-bond acceptors (Lipinski definition) is 4. The summed E-state index contributed by atoms with van der Waals surface area (Å²) in [4.78, 5) is 35.4. The molecular weight excluding hydrogens is 287 g/mol. The second-order valence-corrected chi connectivity index (χ2v) is 5.04. The summed E-state index contributed by atoms with van der Waals surface area (Å²) >= 11 is 1.38. The number of para-hydroxylation sites is 1.